The second-order valence-corrected chi connectivity index (χ2v) is 3.86. The Morgan fingerprint density at radius 2 is 2.00 bits per heavy atom. The molecule has 1 fully saturated rings. The number of benzene rings is 1. The molecule has 1 aliphatic heterocycles. The Labute approximate surface area is 78.6 Å². The van der Waals surface area contributed by atoms with Gasteiger partial charge in [-0.05, 0) is 18.5 Å². The van der Waals surface area contributed by atoms with Crippen molar-refractivity contribution in [1.29, 1.82) is 0 Å². The predicted molar refractivity (Wildman–Crippen MR) is 54.6 cm³/mol. The summed E-state index contributed by atoms with van der Waals surface area (Å²) in [5.41, 5.74) is 1.36. The van der Waals surface area contributed by atoms with Gasteiger partial charge in [-0.25, -0.2) is 0 Å². The summed E-state index contributed by atoms with van der Waals surface area (Å²) in [6, 6.07) is 11.0. The SMILES string of the molecule is SC1CCNC1c1ccccc1. The minimum Gasteiger partial charge on any atom is -0.309 e. The van der Waals surface area contributed by atoms with Crippen molar-refractivity contribution in [3.05, 3.63) is 35.9 Å². The summed E-state index contributed by atoms with van der Waals surface area (Å²) >= 11 is 4.54. The molecule has 2 rings (SSSR count). The lowest BCUT2D eigenvalue weighted by Crippen LogP contribution is -2.17. The van der Waals surface area contributed by atoms with E-state index in [0.29, 0.717) is 11.3 Å². The molecule has 0 aliphatic carbocycles. The van der Waals surface area contributed by atoms with E-state index in [-0.39, 0.29) is 0 Å². The van der Waals surface area contributed by atoms with Crippen LogP contribution in [0.2, 0.25) is 0 Å². The van der Waals surface area contributed by atoms with Crippen LogP contribution in [0.15, 0.2) is 30.3 Å². The Hall–Kier alpha value is -0.470. The summed E-state index contributed by atoms with van der Waals surface area (Å²) in [7, 11) is 0. The van der Waals surface area contributed by atoms with Gasteiger partial charge in [-0.2, -0.15) is 12.6 Å². The lowest BCUT2D eigenvalue weighted by Gasteiger charge is -2.14. The lowest BCUT2D eigenvalue weighted by atomic mass is 10.1. The Bertz CT molecular complexity index is 247. The second-order valence-electron chi connectivity index (χ2n) is 3.20. The molecule has 0 aromatic heterocycles. The normalized spacial score (nSPS) is 29.1. The zero-order valence-corrected chi connectivity index (χ0v) is 7.80. The molecule has 12 heavy (non-hydrogen) atoms. The monoisotopic (exact) mass is 179 g/mol. The number of nitrogens with one attached hydrogen (secondary N) is 1. The van der Waals surface area contributed by atoms with Crippen LogP contribution in [-0.4, -0.2) is 11.8 Å². The van der Waals surface area contributed by atoms with Crippen LogP contribution in [0.25, 0.3) is 0 Å². The van der Waals surface area contributed by atoms with E-state index in [1.807, 2.05) is 6.07 Å². The van der Waals surface area contributed by atoms with E-state index < -0.39 is 0 Å². The van der Waals surface area contributed by atoms with Gasteiger partial charge in [0.15, 0.2) is 0 Å². The summed E-state index contributed by atoms with van der Waals surface area (Å²) in [5, 5.41) is 3.93. The first-order valence-corrected chi connectivity index (χ1v) is 4.86. The molecule has 1 N–H and O–H groups in total. The van der Waals surface area contributed by atoms with Gasteiger partial charge in [0.25, 0.3) is 0 Å². The molecule has 1 heterocycles. The number of hydrogen-bond acceptors (Lipinski definition) is 2. The van der Waals surface area contributed by atoms with Gasteiger partial charge in [0, 0.05) is 11.3 Å². The predicted octanol–water partition coefficient (Wildman–Crippen LogP) is 2.02. The van der Waals surface area contributed by atoms with Crippen LogP contribution >= 0.6 is 12.6 Å². The molecule has 1 aliphatic rings. The van der Waals surface area contributed by atoms with E-state index >= 15 is 0 Å². The highest BCUT2D eigenvalue weighted by Crippen LogP contribution is 2.27. The lowest BCUT2D eigenvalue weighted by molar-refractivity contribution is 0.659. The fraction of sp³-hybridized carbons (Fsp3) is 0.400. The van der Waals surface area contributed by atoms with Crippen LogP contribution < -0.4 is 5.32 Å². The van der Waals surface area contributed by atoms with Crippen LogP contribution in [0.1, 0.15) is 18.0 Å². The van der Waals surface area contributed by atoms with Gasteiger partial charge >= 0.3 is 0 Å². The maximum atomic E-state index is 4.54. The Morgan fingerprint density at radius 3 is 2.58 bits per heavy atom. The Morgan fingerprint density at radius 1 is 1.25 bits per heavy atom. The molecule has 2 heteroatoms. The zero-order valence-electron chi connectivity index (χ0n) is 6.90. The third-order valence-electron chi connectivity index (χ3n) is 2.35. The summed E-state index contributed by atoms with van der Waals surface area (Å²) in [6.45, 7) is 1.09. The standard InChI is InChI=1S/C10H13NS/c12-9-6-7-11-10(9)8-4-2-1-3-5-8/h1-5,9-12H,6-7H2. The molecule has 2 atom stereocenters. The van der Waals surface area contributed by atoms with Crippen LogP contribution in [0.5, 0.6) is 0 Å². The van der Waals surface area contributed by atoms with Crippen molar-refractivity contribution in [2.24, 2.45) is 0 Å². The molecule has 64 valence electrons. The van der Waals surface area contributed by atoms with Gasteiger partial charge < -0.3 is 5.32 Å². The quantitative estimate of drug-likeness (QED) is 0.629. The van der Waals surface area contributed by atoms with E-state index in [2.05, 4.69) is 42.2 Å². The Balaban J connectivity index is 2.19. The highest BCUT2D eigenvalue weighted by molar-refractivity contribution is 7.81. The van der Waals surface area contributed by atoms with Crippen molar-refractivity contribution < 1.29 is 0 Å². The van der Waals surface area contributed by atoms with E-state index in [1.54, 1.807) is 0 Å². The maximum absolute atomic E-state index is 4.54. The molecule has 0 radical (unpaired) electrons. The molecular formula is C10H13NS. The molecule has 1 aromatic carbocycles. The fourth-order valence-corrected chi connectivity index (χ4v) is 2.10. The summed E-state index contributed by atoms with van der Waals surface area (Å²) < 4.78 is 0. The first kappa shape index (κ1) is 8.14. The van der Waals surface area contributed by atoms with E-state index in [1.165, 1.54) is 12.0 Å². The molecule has 1 nitrogen and oxygen atoms in total. The molecule has 0 bridgehead atoms. The summed E-state index contributed by atoms with van der Waals surface area (Å²) in [6.07, 6.45) is 1.17. The third kappa shape index (κ3) is 1.50. The third-order valence-corrected chi connectivity index (χ3v) is 2.90. The molecule has 2 unspecified atom stereocenters. The first-order chi connectivity index (χ1) is 5.88. The molecule has 1 aromatic rings. The average Bonchev–Trinajstić information content (AvgIpc) is 2.53. The van der Waals surface area contributed by atoms with Crippen molar-refractivity contribution >= 4 is 12.6 Å². The zero-order chi connectivity index (χ0) is 8.39. The molecule has 0 amide bonds. The van der Waals surface area contributed by atoms with Gasteiger partial charge in [0.2, 0.25) is 0 Å². The second kappa shape index (κ2) is 3.50. The largest absolute Gasteiger partial charge is 0.309 e. The fourth-order valence-electron chi connectivity index (χ4n) is 1.69. The van der Waals surface area contributed by atoms with Gasteiger partial charge in [-0.1, -0.05) is 30.3 Å². The molecule has 0 saturated carbocycles. The molecule has 0 spiro atoms. The van der Waals surface area contributed by atoms with Crippen molar-refractivity contribution in [2.45, 2.75) is 17.7 Å². The Kier molecular flexibility index (Phi) is 2.38. The number of hydrogen-bond donors (Lipinski definition) is 2. The topological polar surface area (TPSA) is 12.0 Å². The summed E-state index contributed by atoms with van der Waals surface area (Å²) in [5.74, 6) is 0. The molecular weight excluding hydrogens is 166 g/mol. The van der Waals surface area contributed by atoms with Crippen LogP contribution in [0.4, 0.5) is 0 Å². The number of thiol groups is 1. The minimum atomic E-state index is 0.453. The van der Waals surface area contributed by atoms with E-state index in [4.69, 9.17) is 0 Å². The first-order valence-electron chi connectivity index (χ1n) is 4.34. The highest BCUT2D eigenvalue weighted by Gasteiger charge is 2.24. The van der Waals surface area contributed by atoms with Crippen molar-refractivity contribution in [1.82, 2.24) is 5.32 Å². The van der Waals surface area contributed by atoms with Gasteiger partial charge in [-0.3, -0.25) is 0 Å². The highest BCUT2D eigenvalue weighted by atomic mass is 32.1. The average molecular weight is 179 g/mol. The molecule has 1 saturated heterocycles. The van der Waals surface area contributed by atoms with Gasteiger partial charge in [0.1, 0.15) is 0 Å². The van der Waals surface area contributed by atoms with Crippen LogP contribution in [-0.2, 0) is 0 Å². The maximum Gasteiger partial charge on any atom is 0.0438 e. The number of rotatable bonds is 1. The smallest absolute Gasteiger partial charge is 0.0438 e. The summed E-state index contributed by atoms with van der Waals surface area (Å²) in [4.78, 5) is 0. The van der Waals surface area contributed by atoms with Crippen molar-refractivity contribution in [3.8, 4) is 0 Å². The van der Waals surface area contributed by atoms with Crippen molar-refractivity contribution in [3.63, 3.8) is 0 Å². The van der Waals surface area contributed by atoms with E-state index in [9.17, 15) is 0 Å². The van der Waals surface area contributed by atoms with Crippen LogP contribution in [0.3, 0.4) is 0 Å². The van der Waals surface area contributed by atoms with Gasteiger partial charge in [0.05, 0.1) is 0 Å². The van der Waals surface area contributed by atoms with E-state index in [0.717, 1.165) is 6.54 Å². The van der Waals surface area contributed by atoms with Crippen LogP contribution in [0, 0.1) is 0 Å². The van der Waals surface area contributed by atoms with Crippen molar-refractivity contribution in [2.75, 3.05) is 6.54 Å². The van der Waals surface area contributed by atoms with Gasteiger partial charge in [-0.15, -0.1) is 0 Å². The minimum absolute atomic E-state index is 0.453.